The predicted molar refractivity (Wildman–Crippen MR) is 99.1 cm³/mol. The topological polar surface area (TPSA) is 48.0 Å². The summed E-state index contributed by atoms with van der Waals surface area (Å²) in [5.74, 6) is 2.67. The highest BCUT2D eigenvalue weighted by Gasteiger charge is 2.55. The lowest BCUT2D eigenvalue weighted by atomic mass is 9.52. The predicted octanol–water partition coefficient (Wildman–Crippen LogP) is 2.59. The monoisotopic (exact) mass is 359 g/mol. The zero-order valence-corrected chi connectivity index (χ0v) is 16.0. The molecule has 0 aromatic heterocycles. The molecule has 5 heteroatoms. The van der Waals surface area contributed by atoms with Crippen LogP contribution in [0.3, 0.4) is 0 Å². The van der Waals surface area contributed by atoms with Gasteiger partial charge in [0.25, 0.3) is 0 Å². The molecule has 142 valence electrons. The maximum Gasteiger partial charge on any atom is 0.133 e. The number of hydrogen-bond donors (Lipinski definition) is 0. The Kier molecular flexibility index (Phi) is 4.70. The van der Waals surface area contributed by atoms with Crippen LogP contribution in [0.1, 0.15) is 36.8 Å². The Morgan fingerprint density at radius 3 is 2.88 bits per heavy atom. The van der Waals surface area contributed by atoms with Gasteiger partial charge in [-0.1, -0.05) is 0 Å². The van der Waals surface area contributed by atoms with Gasteiger partial charge in [0.15, 0.2) is 0 Å². The van der Waals surface area contributed by atoms with Crippen LogP contribution < -0.4 is 9.47 Å². The third-order valence-electron chi connectivity index (χ3n) is 6.81. The van der Waals surface area contributed by atoms with Gasteiger partial charge < -0.3 is 19.1 Å². The number of benzene rings is 1. The number of rotatable bonds is 5. The van der Waals surface area contributed by atoms with E-state index in [0.717, 1.165) is 43.7 Å². The normalized spacial score (nSPS) is 30.5. The second-order valence-corrected chi connectivity index (χ2v) is 8.01. The van der Waals surface area contributed by atoms with Crippen LogP contribution in [-0.4, -0.2) is 57.8 Å². The van der Waals surface area contributed by atoms with Crippen LogP contribution in [0, 0.1) is 5.92 Å². The number of carbonyl (C=O) groups is 1. The number of ketones is 1. The van der Waals surface area contributed by atoms with Crippen LogP contribution in [0.25, 0.3) is 0 Å². The van der Waals surface area contributed by atoms with Crippen molar-refractivity contribution in [2.24, 2.45) is 5.92 Å². The minimum absolute atomic E-state index is 0.0476. The zero-order valence-electron chi connectivity index (χ0n) is 16.0. The van der Waals surface area contributed by atoms with E-state index in [4.69, 9.17) is 14.2 Å². The number of nitrogens with zero attached hydrogens (tertiary/aromatic N) is 1. The second kappa shape index (κ2) is 6.86. The lowest BCUT2D eigenvalue weighted by molar-refractivity contribution is -0.126. The summed E-state index contributed by atoms with van der Waals surface area (Å²) in [4.78, 5) is 15.0. The van der Waals surface area contributed by atoms with Gasteiger partial charge in [0.2, 0.25) is 0 Å². The van der Waals surface area contributed by atoms with Crippen molar-refractivity contribution >= 4 is 5.78 Å². The maximum atomic E-state index is 12.5. The third kappa shape index (κ3) is 2.72. The van der Waals surface area contributed by atoms with Crippen LogP contribution in [-0.2, 0) is 21.4 Å². The first kappa shape index (κ1) is 17.8. The number of hydrogen-bond acceptors (Lipinski definition) is 5. The number of fused-ring (bicyclic) bond motifs is 1. The Morgan fingerprint density at radius 1 is 1.27 bits per heavy atom. The van der Waals surface area contributed by atoms with E-state index in [1.807, 2.05) is 6.07 Å². The van der Waals surface area contributed by atoms with Crippen LogP contribution in [0.5, 0.6) is 11.5 Å². The van der Waals surface area contributed by atoms with Crippen LogP contribution in [0.2, 0.25) is 0 Å². The Labute approximate surface area is 155 Å². The van der Waals surface area contributed by atoms with Gasteiger partial charge in [-0.15, -0.1) is 0 Å². The molecule has 2 aliphatic carbocycles. The van der Waals surface area contributed by atoms with E-state index < -0.39 is 0 Å². The molecule has 5 nitrogen and oxygen atoms in total. The summed E-state index contributed by atoms with van der Waals surface area (Å²) in [6.07, 6.45) is 4.42. The largest absolute Gasteiger partial charge is 0.497 e. The minimum Gasteiger partial charge on any atom is -0.497 e. The summed E-state index contributed by atoms with van der Waals surface area (Å²) in [6, 6.07) is 4.65. The molecular weight excluding hydrogens is 330 g/mol. The zero-order chi connectivity index (χ0) is 18.3. The smallest absolute Gasteiger partial charge is 0.133 e. The highest BCUT2D eigenvalue weighted by Crippen LogP contribution is 2.56. The van der Waals surface area contributed by atoms with Crippen molar-refractivity contribution in [1.29, 1.82) is 0 Å². The quantitative estimate of drug-likeness (QED) is 0.757. The van der Waals surface area contributed by atoms with E-state index in [0.29, 0.717) is 37.4 Å². The average Bonchev–Trinajstić information content (AvgIpc) is 2.64. The SMILES string of the molecule is COCCOc1cc(OC)cc2c1CC1[C@@H]3CCC(=O)C[C@]23CCN1C. The van der Waals surface area contributed by atoms with E-state index >= 15 is 0 Å². The molecule has 0 amide bonds. The summed E-state index contributed by atoms with van der Waals surface area (Å²) in [5, 5.41) is 0. The molecule has 0 spiro atoms. The van der Waals surface area contributed by atoms with Crippen molar-refractivity contribution in [2.75, 3.05) is 41.0 Å². The molecule has 1 saturated carbocycles. The Hall–Kier alpha value is -1.59. The first-order chi connectivity index (χ1) is 12.6. The first-order valence-corrected chi connectivity index (χ1v) is 9.64. The Balaban J connectivity index is 1.83. The van der Waals surface area contributed by atoms with Gasteiger partial charge in [-0.25, -0.2) is 0 Å². The number of ether oxygens (including phenoxy) is 3. The fraction of sp³-hybridized carbons (Fsp3) is 0.667. The van der Waals surface area contributed by atoms with Gasteiger partial charge in [-0.05, 0) is 56.0 Å². The van der Waals surface area contributed by atoms with E-state index in [1.54, 1.807) is 14.2 Å². The molecule has 26 heavy (non-hydrogen) atoms. The second-order valence-electron chi connectivity index (χ2n) is 8.01. The Morgan fingerprint density at radius 2 is 2.12 bits per heavy atom. The highest BCUT2D eigenvalue weighted by molar-refractivity contribution is 5.82. The van der Waals surface area contributed by atoms with E-state index in [2.05, 4.69) is 18.0 Å². The molecular formula is C21H29NO4. The van der Waals surface area contributed by atoms with Crippen LogP contribution >= 0.6 is 0 Å². The van der Waals surface area contributed by atoms with Crippen LogP contribution in [0.15, 0.2) is 12.1 Å². The summed E-state index contributed by atoms with van der Waals surface area (Å²) in [5.41, 5.74) is 2.52. The first-order valence-electron chi connectivity index (χ1n) is 9.64. The van der Waals surface area contributed by atoms with Crippen molar-refractivity contribution in [1.82, 2.24) is 4.90 Å². The van der Waals surface area contributed by atoms with Gasteiger partial charge in [-0.3, -0.25) is 4.79 Å². The summed E-state index contributed by atoms with van der Waals surface area (Å²) in [7, 11) is 5.61. The van der Waals surface area contributed by atoms with Crippen molar-refractivity contribution < 1.29 is 19.0 Å². The fourth-order valence-corrected chi connectivity index (χ4v) is 5.54. The van der Waals surface area contributed by atoms with E-state index in [9.17, 15) is 4.79 Å². The maximum absolute atomic E-state index is 12.5. The number of piperidine rings is 1. The molecule has 3 atom stereocenters. The molecule has 3 aliphatic rings. The molecule has 1 aromatic rings. The molecule has 2 bridgehead atoms. The molecule has 2 fully saturated rings. The van der Waals surface area contributed by atoms with Crippen molar-refractivity contribution in [3.8, 4) is 11.5 Å². The van der Waals surface area contributed by atoms with Crippen molar-refractivity contribution in [3.05, 3.63) is 23.3 Å². The summed E-state index contributed by atoms with van der Waals surface area (Å²) < 4.78 is 16.8. The summed E-state index contributed by atoms with van der Waals surface area (Å²) >= 11 is 0. The molecule has 1 heterocycles. The van der Waals surface area contributed by atoms with Gasteiger partial charge in [-0.2, -0.15) is 0 Å². The fourth-order valence-electron chi connectivity index (χ4n) is 5.54. The Bertz CT molecular complexity index is 703. The highest BCUT2D eigenvalue weighted by atomic mass is 16.5. The minimum atomic E-state index is -0.0476. The number of likely N-dealkylation sites (N-methyl/N-ethyl adjacent to an activating group) is 1. The van der Waals surface area contributed by atoms with Gasteiger partial charge in [0, 0.05) is 37.5 Å². The lowest BCUT2D eigenvalue weighted by Crippen LogP contribution is -2.60. The molecule has 0 N–H and O–H groups in total. The standard InChI is InChI=1S/C21H29NO4/c1-22-7-6-21-13-14(23)4-5-17(21)19(22)12-16-18(21)10-15(25-3)11-20(16)26-9-8-24-2/h10-11,17,19H,4-9,12-13H2,1-3H3/t17-,19?,21-/m0/s1. The summed E-state index contributed by atoms with van der Waals surface area (Å²) in [6.45, 7) is 2.12. The van der Waals surface area contributed by atoms with Gasteiger partial charge >= 0.3 is 0 Å². The third-order valence-corrected chi connectivity index (χ3v) is 6.81. The molecule has 1 unspecified atom stereocenters. The van der Waals surface area contributed by atoms with Crippen LogP contribution in [0.4, 0.5) is 0 Å². The molecule has 1 saturated heterocycles. The average molecular weight is 359 g/mol. The van der Waals surface area contributed by atoms with Gasteiger partial charge in [0.1, 0.15) is 23.9 Å². The number of likely N-dealkylation sites (tertiary alicyclic amines) is 1. The van der Waals surface area contributed by atoms with E-state index in [-0.39, 0.29) is 5.41 Å². The van der Waals surface area contributed by atoms with Crippen molar-refractivity contribution in [2.45, 2.75) is 43.6 Å². The molecule has 0 radical (unpaired) electrons. The molecule has 1 aromatic carbocycles. The van der Waals surface area contributed by atoms with Gasteiger partial charge in [0.05, 0.1) is 13.7 Å². The number of carbonyl (C=O) groups excluding carboxylic acids is 1. The van der Waals surface area contributed by atoms with E-state index in [1.165, 1.54) is 11.1 Å². The lowest BCUT2D eigenvalue weighted by Gasteiger charge is -2.58. The number of Topliss-reactive ketones (excluding diaryl/α,β-unsaturated/α-hetero) is 1. The van der Waals surface area contributed by atoms with Crippen molar-refractivity contribution in [3.63, 3.8) is 0 Å². The molecule has 1 aliphatic heterocycles. The number of methoxy groups -OCH3 is 2. The molecule has 4 rings (SSSR count).